The Bertz CT molecular complexity index is 542. The SMILES string of the molecule is COCCOCCS(=O)(=O)N1CCN(Cc2ccccc2)CC1. The van der Waals surface area contributed by atoms with Gasteiger partial charge in [0.1, 0.15) is 0 Å². The first-order valence-electron chi connectivity index (χ1n) is 7.92. The molecule has 0 bridgehead atoms. The quantitative estimate of drug-likeness (QED) is 0.621. The van der Waals surface area contributed by atoms with Gasteiger partial charge in [0.25, 0.3) is 0 Å². The molecule has 23 heavy (non-hydrogen) atoms. The zero-order valence-corrected chi connectivity index (χ0v) is 14.5. The monoisotopic (exact) mass is 342 g/mol. The molecule has 0 radical (unpaired) electrons. The summed E-state index contributed by atoms with van der Waals surface area (Å²) < 4.78 is 36.3. The average Bonchev–Trinajstić information content (AvgIpc) is 2.56. The minimum absolute atomic E-state index is 0.0371. The largest absolute Gasteiger partial charge is 0.382 e. The molecule has 0 spiro atoms. The Morgan fingerprint density at radius 2 is 1.70 bits per heavy atom. The number of rotatable bonds is 9. The Kier molecular flexibility index (Phi) is 7.45. The third-order valence-electron chi connectivity index (χ3n) is 3.89. The normalized spacial score (nSPS) is 17.4. The van der Waals surface area contributed by atoms with Crippen LogP contribution >= 0.6 is 0 Å². The zero-order valence-electron chi connectivity index (χ0n) is 13.7. The lowest BCUT2D eigenvalue weighted by atomic mass is 10.2. The summed E-state index contributed by atoms with van der Waals surface area (Å²) in [5.74, 6) is 0.0371. The zero-order chi connectivity index (χ0) is 16.5. The lowest BCUT2D eigenvalue weighted by Gasteiger charge is -2.34. The van der Waals surface area contributed by atoms with E-state index in [2.05, 4.69) is 17.0 Å². The molecule has 0 N–H and O–H groups in total. The van der Waals surface area contributed by atoms with Gasteiger partial charge in [0, 0.05) is 39.8 Å². The Balaban J connectivity index is 1.72. The van der Waals surface area contributed by atoms with Crippen LogP contribution in [0.1, 0.15) is 5.56 Å². The summed E-state index contributed by atoms with van der Waals surface area (Å²) >= 11 is 0. The fraction of sp³-hybridized carbons (Fsp3) is 0.625. The van der Waals surface area contributed by atoms with Crippen molar-refractivity contribution in [3.05, 3.63) is 35.9 Å². The maximum atomic E-state index is 12.3. The molecule has 2 rings (SSSR count). The van der Waals surface area contributed by atoms with Gasteiger partial charge < -0.3 is 9.47 Å². The number of hydrogen-bond donors (Lipinski definition) is 0. The van der Waals surface area contributed by atoms with Gasteiger partial charge in [-0.1, -0.05) is 30.3 Å². The molecule has 1 fully saturated rings. The fourth-order valence-corrected chi connectivity index (χ4v) is 3.85. The predicted molar refractivity (Wildman–Crippen MR) is 89.8 cm³/mol. The highest BCUT2D eigenvalue weighted by Gasteiger charge is 2.26. The van der Waals surface area contributed by atoms with Gasteiger partial charge in [-0.05, 0) is 5.56 Å². The molecule has 0 aromatic heterocycles. The Labute approximate surface area is 139 Å². The summed E-state index contributed by atoms with van der Waals surface area (Å²) in [5, 5.41) is 0. The molecule has 0 atom stereocenters. The number of ether oxygens (including phenoxy) is 2. The van der Waals surface area contributed by atoms with Crippen molar-refractivity contribution in [2.75, 3.05) is 58.9 Å². The van der Waals surface area contributed by atoms with Crippen LogP contribution in [0.15, 0.2) is 30.3 Å². The van der Waals surface area contributed by atoms with E-state index in [0.29, 0.717) is 26.3 Å². The third-order valence-corrected chi connectivity index (χ3v) is 5.73. The molecule has 1 aromatic rings. The number of sulfonamides is 1. The number of benzene rings is 1. The average molecular weight is 342 g/mol. The lowest BCUT2D eigenvalue weighted by molar-refractivity contribution is 0.0779. The van der Waals surface area contributed by atoms with Crippen molar-refractivity contribution in [2.45, 2.75) is 6.54 Å². The molecule has 1 aliphatic rings. The van der Waals surface area contributed by atoms with Gasteiger partial charge >= 0.3 is 0 Å². The van der Waals surface area contributed by atoms with Crippen LogP contribution < -0.4 is 0 Å². The lowest BCUT2D eigenvalue weighted by Crippen LogP contribution is -2.49. The van der Waals surface area contributed by atoms with E-state index in [0.717, 1.165) is 19.6 Å². The second-order valence-corrected chi connectivity index (χ2v) is 7.67. The third kappa shape index (κ3) is 6.19. The minimum Gasteiger partial charge on any atom is -0.382 e. The molecule has 0 amide bonds. The second-order valence-electron chi connectivity index (χ2n) is 5.58. The van der Waals surface area contributed by atoms with E-state index < -0.39 is 10.0 Å². The van der Waals surface area contributed by atoms with Crippen molar-refractivity contribution in [1.29, 1.82) is 0 Å². The molecule has 1 aliphatic heterocycles. The summed E-state index contributed by atoms with van der Waals surface area (Å²) in [6.07, 6.45) is 0. The van der Waals surface area contributed by atoms with E-state index in [1.54, 1.807) is 11.4 Å². The standard InChI is InChI=1S/C16H26N2O4S/c1-21-11-12-22-13-14-23(19,20)18-9-7-17(8-10-18)15-16-5-3-2-4-6-16/h2-6H,7-15H2,1H3. The molecule has 6 nitrogen and oxygen atoms in total. The van der Waals surface area contributed by atoms with Gasteiger partial charge in [0.05, 0.1) is 25.6 Å². The van der Waals surface area contributed by atoms with E-state index in [1.807, 2.05) is 18.2 Å². The maximum absolute atomic E-state index is 12.3. The second kappa shape index (κ2) is 9.34. The summed E-state index contributed by atoms with van der Waals surface area (Å²) in [4.78, 5) is 2.29. The smallest absolute Gasteiger partial charge is 0.216 e. The van der Waals surface area contributed by atoms with Crippen molar-refractivity contribution >= 4 is 10.0 Å². The van der Waals surface area contributed by atoms with Crippen molar-refractivity contribution in [1.82, 2.24) is 9.21 Å². The number of piperazine rings is 1. The Hall–Kier alpha value is -0.990. The van der Waals surface area contributed by atoms with Gasteiger partial charge in [-0.3, -0.25) is 4.90 Å². The Morgan fingerprint density at radius 3 is 2.35 bits per heavy atom. The van der Waals surface area contributed by atoms with Crippen LogP contribution in [0.4, 0.5) is 0 Å². The predicted octanol–water partition coefficient (Wildman–Crippen LogP) is 0.797. The molecule has 7 heteroatoms. The molecular formula is C16H26N2O4S. The van der Waals surface area contributed by atoms with Gasteiger partial charge in [-0.25, -0.2) is 8.42 Å². The van der Waals surface area contributed by atoms with Crippen LogP contribution in [0.3, 0.4) is 0 Å². The number of nitrogens with zero attached hydrogens (tertiary/aromatic N) is 2. The molecule has 1 heterocycles. The maximum Gasteiger partial charge on any atom is 0.216 e. The van der Waals surface area contributed by atoms with E-state index in [1.165, 1.54) is 5.56 Å². The molecule has 130 valence electrons. The van der Waals surface area contributed by atoms with Crippen LogP contribution in [0.25, 0.3) is 0 Å². The Morgan fingerprint density at radius 1 is 1.00 bits per heavy atom. The van der Waals surface area contributed by atoms with Crippen molar-refractivity contribution < 1.29 is 17.9 Å². The van der Waals surface area contributed by atoms with Crippen molar-refractivity contribution in [2.24, 2.45) is 0 Å². The summed E-state index contributed by atoms with van der Waals surface area (Å²) in [5.41, 5.74) is 1.26. The van der Waals surface area contributed by atoms with Gasteiger partial charge in [-0.15, -0.1) is 0 Å². The van der Waals surface area contributed by atoms with Gasteiger partial charge in [-0.2, -0.15) is 4.31 Å². The van der Waals surface area contributed by atoms with Gasteiger partial charge in [0.15, 0.2) is 0 Å². The molecule has 1 saturated heterocycles. The summed E-state index contributed by atoms with van der Waals surface area (Å²) in [7, 11) is -1.63. The van der Waals surface area contributed by atoms with E-state index >= 15 is 0 Å². The van der Waals surface area contributed by atoms with Crippen LogP contribution in [-0.2, 0) is 26.0 Å². The van der Waals surface area contributed by atoms with E-state index in [4.69, 9.17) is 9.47 Å². The molecule has 1 aromatic carbocycles. The number of methoxy groups -OCH3 is 1. The van der Waals surface area contributed by atoms with Crippen molar-refractivity contribution in [3.8, 4) is 0 Å². The number of hydrogen-bond acceptors (Lipinski definition) is 5. The summed E-state index contributed by atoms with van der Waals surface area (Å²) in [6, 6.07) is 10.3. The highest BCUT2D eigenvalue weighted by atomic mass is 32.2. The van der Waals surface area contributed by atoms with Crippen LogP contribution in [0.2, 0.25) is 0 Å². The first kappa shape index (κ1) is 18.4. The molecule has 0 unspecified atom stereocenters. The highest BCUT2D eigenvalue weighted by Crippen LogP contribution is 2.11. The van der Waals surface area contributed by atoms with Crippen LogP contribution in [-0.4, -0.2) is 76.5 Å². The van der Waals surface area contributed by atoms with Crippen LogP contribution in [0, 0.1) is 0 Å². The van der Waals surface area contributed by atoms with Crippen LogP contribution in [0.5, 0.6) is 0 Å². The van der Waals surface area contributed by atoms with Gasteiger partial charge in [0.2, 0.25) is 10.0 Å². The topological polar surface area (TPSA) is 59.1 Å². The summed E-state index contributed by atoms with van der Waals surface area (Å²) in [6.45, 7) is 4.62. The molecule has 0 saturated carbocycles. The first-order valence-corrected chi connectivity index (χ1v) is 9.53. The fourth-order valence-electron chi connectivity index (χ4n) is 2.55. The highest BCUT2D eigenvalue weighted by molar-refractivity contribution is 7.89. The van der Waals surface area contributed by atoms with E-state index in [9.17, 15) is 8.42 Å². The van der Waals surface area contributed by atoms with E-state index in [-0.39, 0.29) is 12.4 Å². The first-order chi connectivity index (χ1) is 11.1. The molecule has 0 aliphatic carbocycles. The molecular weight excluding hydrogens is 316 g/mol. The van der Waals surface area contributed by atoms with Crippen molar-refractivity contribution in [3.63, 3.8) is 0 Å². The minimum atomic E-state index is -3.23.